The van der Waals surface area contributed by atoms with Crippen LogP contribution in [-0.4, -0.2) is 18.2 Å². The summed E-state index contributed by atoms with van der Waals surface area (Å²) in [5.74, 6) is 5.75. The van der Waals surface area contributed by atoms with Gasteiger partial charge in [0.1, 0.15) is 5.75 Å². The van der Waals surface area contributed by atoms with Crippen molar-refractivity contribution < 1.29 is 14.6 Å². The highest BCUT2D eigenvalue weighted by Crippen LogP contribution is 2.21. The maximum atomic E-state index is 11.3. The molecule has 1 rings (SSSR count). The molecule has 3 heteroatoms. The summed E-state index contributed by atoms with van der Waals surface area (Å²) in [7, 11) is 1.36. The van der Waals surface area contributed by atoms with E-state index in [-0.39, 0.29) is 24.1 Å². The van der Waals surface area contributed by atoms with Gasteiger partial charge in [0, 0.05) is 6.42 Å². The van der Waals surface area contributed by atoms with Gasteiger partial charge in [-0.1, -0.05) is 25.0 Å². The largest absolute Gasteiger partial charge is 0.508 e. The van der Waals surface area contributed by atoms with Gasteiger partial charge in [0.25, 0.3) is 0 Å². The van der Waals surface area contributed by atoms with Crippen LogP contribution in [0.4, 0.5) is 0 Å². The molecule has 90 valence electrons. The third-order valence-electron chi connectivity index (χ3n) is 2.35. The van der Waals surface area contributed by atoms with E-state index in [1.165, 1.54) is 7.11 Å². The van der Waals surface area contributed by atoms with E-state index in [1.807, 2.05) is 6.92 Å². The van der Waals surface area contributed by atoms with Crippen LogP contribution in [0.2, 0.25) is 0 Å². The van der Waals surface area contributed by atoms with Crippen LogP contribution in [-0.2, 0) is 9.53 Å². The maximum absolute atomic E-state index is 11.3. The molecule has 0 saturated heterocycles. The Morgan fingerprint density at radius 3 is 2.59 bits per heavy atom. The van der Waals surface area contributed by atoms with Gasteiger partial charge in [0.05, 0.1) is 19.4 Å². The van der Waals surface area contributed by atoms with Crippen molar-refractivity contribution in [2.75, 3.05) is 7.11 Å². The van der Waals surface area contributed by atoms with Crippen LogP contribution >= 0.6 is 0 Å². The topological polar surface area (TPSA) is 46.5 Å². The number of hydrogen-bond acceptors (Lipinski definition) is 3. The predicted molar refractivity (Wildman–Crippen MR) is 65.5 cm³/mol. The zero-order valence-electron chi connectivity index (χ0n) is 10.1. The van der Waals surface area contributed by atoms with E-state index in [2.05, 4.69) is 16.6 Å². The second kappa shape index (κ2) is 6.59. The molecule has 0 aromatic heterocycles. The van der Waals surface area contributed by atoms with Crippen LogP contribution in [0.3, 0.4) is 0 Å². The highest BCUT2D eigenvalue weighted by Gasteiger charge is 2.14. The minimum Gasteiger partial charge on any atom is -0.508 e. The highest BCUT2D eigenvalue weighted by molar-refractivity contribution is 5.71. The average Bonchev–Trinajstić information content (AvgIpc) is 2.35. The van der Waals surface area contributed by atoms with Gasteiger partial charge in [0.2, 0.25) is 0 Å². The summed E-state index contributed by atoms with van der Waals surface area (Å²) in [5, 5.41) is 9.21. The lowest BCUT2D eigenvalue weighted by Gasteiger charge is -2.09. The fourth-order valence-corrected chi connectivity index (χ4v) is 1.43. The van der Waals surface area contributed by atoms with Gasteiger partial charge in [-0.3, -0.25) is 4.79 Å². The number of carbonyl (C=O) groups excluding carboxylic acids is 1. The van der Waals surface area contributed by atoms with Crippen LogP contribution in [0, 0.1) is 11.8 Å². The van der Waals surface area contributed by atoms with E-state index in [9.17, 15) is 9.90 Å². The van der Waals surface area contributed by atoms with Crippen LogP contribution < -0.4 is 0 Å². The molecule has 0 heterocycles. The minimum absolute atomic E-state index is 0.178. The molecule has 0 bridgehead atoms. The lowest BCUT2D eigenvalue weighted by atomic mass is 9.96. The first-order valence-corrected chi connectivity index (χ1v) is 5.51. The standard InChI is InChI=1S/C14H16O3/c1-3-4-5-12(10-14(16)17-2)11-6-8-13(15)9-7-11/h6-9,12,15H,3,10H2,1-2H3/t12-/m1/s1. The third-order valence-corrected chi connectivity index (χ3v) is 2.35. The van der Waals surface area contributed by atoms with Gasteiger partial charge in [-0.2, -0.15) is 0 Å². The molecule has 0 spiro atoms. The highest BCUT2D eigenvalue weighted by atomic mass is 16.5. The van der Waals surface area contributed by atoms with Crippen molar-refractivity contribution >= 4 is 5.97 Å². The first-order valence-electron chi connectivity index (χ1n) is 5.51. The predicted octanol–water partition coefficient (Wildman–Crippen LogP) is 2.45. The zero-order valence-corrected chi connectivity index (χ0v) is 10.1. The Bertz CT molecular complexity index is 423. The number of rotatable bonds is 3. The number of phenolic OH excluding ortho intramolecular Hbond substituents is 1. The molecule has 0 aliphatic heterocycles. The number of phenols is 1. The lowest BCUT2D eigenvalue weighted by molar-refractivity contribution is -0.140. The normalized spacial score (nSPS) is 11.2. The molecule has 0 amide bonds. The lowest BCUT2D eigenvalue weighted by Crippen LogP contribution is -2.07. The second-order valence-corrected chi connectivity index (χ2v) is 3.60. The molecular formula is C14H16O3. The van der Waals surface area contributed by atoms with Gasteiger partial charge < -0.3 is 9.84 Å². The number of ether oxygens (including phenoxy) is 1. The Morgan fingerprint density at radius 2 is 2.06 bits per heavy atom. The van der Waals surface area contributed by atoms with Crippen molar-refractivity contribution in [3.8, 4) is 17.6 Å². The van der Waals surface area contributed by atoms with E-state index in [4.69, 9.17) is 0 Å². The molecule has 1 N–H and O–H groups in total. The Labute approximate surface area is 101 Å². The van der Waals surface area contributed by atoms with Crippen LogP contribution in [0.5, 0.6) is 5.75 Å². The summed E-state index contributed by atoms with van der Waals surface area (Å²) in [6, 6.07) is 6.72. The number of aromatic hydroxyl groups is 1. The van der Waals surface area contributed by atoms with Crippen molar-refractivity contribution in [3.63, 3.8) is 0 Å². The molecule has 17 heavy (non-hydrogen) atoms. The van der Waals surface area contributed by atoms with E-state index < -0.39 is 0 Å². The van der Waals surface area contributed by atoms with Crippen molar-refractivity contribution in [2.24, 2.45) is 0 Å². The molecule has 1 aromatic carbocycles. The quantitative estimate of drug-likeness (QED) is 0.643. The van der Waals surface area contributed by atoms with Gasteiger partial charge in [-0.15, -0.1) is 5.92 Å². The third kappa shape index (κ3) is 4.20. The zero-order chi connectivity index (χ0) is 12.7. The smallest absolute Gasteiger partial charge is 0.307 e. The molecule has 1 aromatic rings. The van der Waals surface area contributed by atoms with Gasteiger partial charge in [-0.05, 0) is 17.7 Å². The minimum atomic E-state index is -0.284. The fraction of sp³-hybridized carbons (Fsp3) is 0.357. The van der Waals surface area contributed by atoms with Crippen LogP contribution in [0.25, 0.3) is 0 Å². The molecule has 3 nitrogen and oxygen atoms in total. The van der Waals surface area contributed by atoms with E-state index in [0.29, 0.717) is 0 Å². The SMILES string of the molecule is CCC#C[C@H](CC(=O)OC)c1ccc(O)cc1. The van der Waals surface area contributed by atoms with Crippen LogP contribution in [0.1, 0.15) is 31.2 Å². The van der Waals surface area contributed by atoms with Crippen molar-refractivity contribution in [2.45, 2.75) is 25.7 Å². The number of carbonyl (C=O) groups is 1. The first-order chi connectivity index (χ1) is 8.17. The van der Waals surface area contributed by atoms with Gasteiger partial charge in [0.15, 0.2) is 0 Å². The molecule has 0 fully saturated rings. The molecule has 0 unspecified atom stereocenters. The molecule has 0 aliphatic carbocycles. The summed E-state index contributed by atoms with van der Waals surface area (Å²) >= 11 is 0. The number of benzene rings is 1. The molecule has 1 atom stereocenters. The second-order valence-electron chi connectivity index (χ2n) is 3.60. The van der Waals surface area contributed by atoms with E-state index in [0.717, 1.165) is 12.0 Å². The van der Waals surface area contributed by atoms with E-state index >= 15 is 0 Å². The molecule has 0 aliphatic rings. The number of esters is 1. The van der Waals surface area contributed by atoms with Gasteiger partial charge >= 0.3 is 5.97 Å². The summed E-state index contributed by atoms with van der Waals surface area (Å²) in [6.07, 6.45) is 0.976. The summed E-state index contributed by atoms with van der Waals surface area (Å²) in [5.41, 5.74) is 0.911. The Balaban J connectivity index is 2.89. The van der Waals surface area contributed by atoms with Crippen molar-refractivity contribution in [1.82, 2.24) is 0 Å². The number of methoxy groups -OCH3 is 1. The van der Waals surface area contributed by atoms with E-state index in [1.54, 1.807) is 24.3 Å². The Kier molecular flexibility index (Phi) is 5.09. The fourth-order valence-electron chi connectivity index (χ4n) is 1.43. The van der Waals surface area contributed by atoms with Crippen LogP contribution in [0.15, 0.2) is 24.3 Å². The number of hydrogen-bond donors (Lipinski definition) is 1. The molecular weight excluding hydrogens is 216 g/mol. The van der Waals surface area contributed by atoms with Crippen molar-refractivity contribution in [1.29, 1.82) is 0 Å². The maximum Gasteiger partial charge on any atom is 0.307 e. The molecule has 0 radical (unpaired) electrons. The Hall–Kier alpha value is -1.95. The molecule has 0 saturated carbocycles. The monoisotopic (exact) mass is 232 g/mol. The summed E-state index contributed by atoms with van der Waals surface area (Å²) in [6.45, 7) is 1.96. The first kappa shape index (κ1) is 13.1. The van der Waals surface area contributed by atoms with Gasteiger partial charge in [-0.25, -0.2) is 0 Å². The summed E-state index contributed by atoms with van der Waals surface area (Å²) < 4.78 is 4.65. The summed E-state index contributed by atoms with van der Waals surface area (Å²) in [4.78, 5) is 11.3. The average molecular weight is 232 g/mol. The Morgan fingerprint density at radius 1 is 1.41 bits per heavy atom. The van der Waals surface area contributed by atoms with Crippen molar-refractivity contribution in [3.05, 3.63) is 29.8 Å².